The van der Waals surface area contributed by atoms with Crippen molar-refractivity contribution in [1.29, 1.82) is 0 Å². The van der Waals surface area contributed by atoms with Gasteiger partial charge in [-0.15, -0.1) is 0 Å². The highest BCUT2D eigenvalue weighted by molar-refractivity contribution is 5.28. The van der Waals surface area contributed by atoms with E-state index in [0.717, 1.165) is 19.4 Å². The van der Waals surface area contributed by atoms with Crippen molar-refractivity contribution < 1.29 is 0 Å². The number of hydrogen-bond donors (Lipinski definition) is 3. The van der Waals surface area contributed by atoms with Crippen LogP contribution in [0.4, 0.5) is 11.9 Å². The zero-order valence-corrected chi connectivity index (χ0v) is 7.50. The van der Waals surface area contributed by atoms with E-state index in [1.165, 1.54) is 0 Å². The number of unbranched alkanes of at least 4 members (excludes halogenated alkanes) is 1. The van der Waals surface area contributed by atoms with Gasteiger partial charge in [-0.1, -0.05) is 13.3 Å². The molecule has 1 heterocycles. The van der Waals surface area contributed by atoms with Crippen LogP contribution in [0.3, 0.4) is 0 Å². The summed E-state index contributed by atoms with van der Waals surface area (Å²) in [4.78, 5) is 20.5. The molecule has 6 nitrogen and oxygen atoms in total. The van der Waals surface area contributed by atoms with Crippen LogP contribution in [-0.4, -0.2) is 21.5 Å². The summed E-state index contributed by atoms with van der Waals surface area (Å²) in [5.74, 6) is 0.369. The van der Waals surface area contributed by atoms with E-state index in [1.54, 1.807) is 0 Å². The summed E-state index contributed by atoms with van der Waals surface area (Å²) < 4.78 is 0. The Morgan fingerprint density at radius 2 is 2.31 bits per heavy atom. The van der Waals surface area contributed by atoms with E-state index in [-0.39, 0.29) is 11.9 Å². The van der Waals surface area contributed by atoms with Gasteiger partial charge in [-0.05, 0) is 6.42 Å². The summed E-state index contributed by atoms with van der Waals surface area (Å²) >= 11 is 0. The quantitative estimate of drug-likeness (QED) is 0.569. The van der Waals surface area contributed by atoms with Crippen molar-refractivity contribution in [2.75, 3.05) is 17.6 Å². The number of rotatable bonds is 4. The van der Waals surface area contributed by atoms with Gasteiger partial charge in [-0.25, -0.2) is 4.79 Å². The Labute approximate surface area is 75.6 Å². The molecule has 6 heteroatoms. The molecule has 0 fully saturated rings. The molecule has 0 saturated carbocycles. The Morgan fingerprint density at radius 3 is 2.92 bits per heavy atom. The van der Waals surface area contributed by atoms with Gasteiger partial charge in [0.15, 0.2) is 0 Å². The Hall–Kier alpha value is -1.59. The van der Waals surface area contributed by atoms with Crippen LogP contribution in [-0.2, 0) is 0 Å². The molecule has 0 amide bonds. The number of nitrogens with zero attached hydrogens (tertiary/aromatic N) is 2. The van der Waals surface area contributed by atoms with Gasteiger partial charge in [-0.2, -0.15) is 9.97 Å². The second-order valence-corrected chi connectivity index (χ2v) is 2.64. The lowest BCUT2D eigenvalue weighted by Gasteiger charge is -2.02. The average Bonchev–Trinajstić information content (AvgIpc) is 2.03. The van der Waals surface area contributed by atoms with E-state index in [1.807, 2.05) is 0 Å². The normalized spacial score (nSPS) is 9.92. The van der Waals surface area contributed by atoms with Crippen LogP contribution in [0, 0.1) is 0 Å². The van der Waals surface area contributed by atoms with E-state index in [2.05, 4.69) is 27.2 Å². The van der Waals surface area contributed by atoms with E-state index in [0.29, 0.717) is 0 Å². The first-order valence-corrected chi connectivity index (χ1v) is 4.20. The van der Waals surface area contributed by atoms with Crippen molar-refractivity contribution in [1.82, 2.24) is 15.0 Å². The predicted octanol–water partition coefficient (Wildman–Crippen LogP) is -0.0409. The van der Waals surface area contributed by atoms with Gasteiger partial charge in [0.25, 0.3) is 0 Å². The van der Waals surface area contributed by atoms with Crippen LogP contribution < -0.4 is 16.7 Å². The lowest BCUT2D eigenvalue weighted by Crippen LogP contribution is -2.18. The number of nitrogens with two attached hydrogens (primary N) is 1. The Balaban J connectivity index is 2.61. The SMILES string of the molecule is CCCCNc1nc(N)[nH]c(=O)n1. The number of H-pyrrole nitrogens is 1. The highest BCUT2D eigenvalue weighted by Gasteiger charge is 1.97. The lowest BCUT2D eigenvalue weighted by atomic mass is 10.3. The number of hydrogen-bond acceptors (Lipinski definition) is 5. The molecular formula is C7H13N5O. The van der Waals surface area contributed by atoms with Crippen LogP contribution in [0.5, 0.6) is 0 Å². The zero-order valence-electron chi connectivity index (χ0n) is 7.50. The molecule has 0 atom stereocenters. The van der Waals surface area contributed by atoms with Gasteiger partial charge < -0.3 is 11.1 Å². The molecule has 72 valence electrons. The van der Waals surface area contributed by atoms with E-state index < -0.39 is 5.69 Å². The molecule has 0 bridgehead atoms. The largest absolute Gasteiger partial charge is 0.369 e. The van der Waals surface area contributed by atoms with Gasteiger partial charge in [0.2, 0.25) is 11.9 Å². The maximum atomic E-state index is 10.8. The molecule has 0 radical (unpaired) electrons. The fourth-order valence-electron chi connectivity index (χ4n) is 0.857. The molecule has 1 aromatic heterocycles. The second kappa shape index (κ2) is 4.44. The molecule has 0 saturated heterocycles. The molecule has 0 aliphatic heterocycles. The molecule has 0 aliphatic carbocycles. The Bertz CT molecular complexity index is 321. The third-order valence-electron chi connectivity index (χ3n) is 1.48. The average molecular weight is 183 g/mol. The third kappa shape index (κ3) is 3.10. The molecule has 0 aromatic carbocycles. The minimum Gasteiger partial charge on any atom is -0.369 e. The number of aromatic nitrogens is 3. The smallest absolute Gasteiger partial charge is 0.350 e. The van der Waals surface area contributed by atoms with Gasteiger partial charge in [0.05, 0.1) is 0 Å². The molecular weight excluding hydrogens is 170 g/mol. The molecule has 1 aromatic rings. The Morgan fingerprint density at radius 1 is 1.54 bits per heavy atom. The summed E-state index contributed by atoms with van der Waals surface area (Å²) in [5, 5.41) is 2.90. The lowest BCUT2D eigenvalue weighted by molar-refractivity contribution is 0.822. The van der Waals surface area contributed by atoms with Crippen LogP contribution in [0.15, 0.2) is 4.79 Å². The summed E-state index contributed by atoms with van der Waals surface area (Å²) in [7, 11) is 0. The van der Waals surface area contributed by atoms with Crippen molar-refractivity contribution in [3.63, 3.8) is 0 Å². The fraction of sp³-hybridized carbons (Fsp3) is 0.571. The topological polar surface area (TPSA) is 96.7 Å². The third-order valence-corrected chi connectivity index (χ3v) is 1.48. The van der Waals surface area contributed by atoms with E-state index in [9.17, 15) is 4.79 Å². The van der Waals surface area contributed by atoms with Crippen molar-refractivity contribution in [2.24, 2.45) is 0 Å². The van der Waals surface area contributed by atoms with Gasteiger partial charge >= 0.3 is 5.69 Å². The van der Waals surface area contributed by atoms with Gasteiger partial charge in [0, 0.05) is 6.54 Å². The number of nitrogen functional groups attached to an aromatic ring is 1. The minimum atomic E-state index is -0.480. The van der Waals surface area contributed by atoms with E-state index >= 15 is 0 Å². The molecule has 0 unspecified atom stereocenters. The maximum absolute atomic E-state index is 10.8. The second-order valence-electron chi connectivity index (χ2n) is 2.64. The van der Waals surface area contributed by atoms with Crippen molar-refractivity contribution in [3.8, 4) is 0 Å². The highest BCUT2D eigenvalue weighted by Crippen LogP contribution is 1.95. The van der Waals surface area contributed by atoms with Crippen molar-refractivity contribution >= 4 is 11.9 Å². The first-order chi connectivity index (χ1) is 6.22. The minimum absolute atomic E-state index is 0.0824. The van der Waals surface area contributed by atoms with Gasteiger partial charge in [0.1, 0.15) is 0 Å². The predicted molar refractivity (Wildman–Crippen MR) is 50.5 cm³/mol. The molecule has 1 rings (SSSR count). The Kier molecular flexibility index (Phi) is 3.24. The molecule has 4 N–H and O–H groups in total. The van der Waals surface area contributed by atoms with Crippen molar-refractivity contribution in [2.45, 2.75) is 19.8 Å². The molecule has 0 aliphatic rings. The standard InChI is InChI=1S/C7H13N5O/c1-2-3-4-9-6-10-5(8)11-7(13)12-6/h2-4H2,1H3,(H4,8,9,10,11,12,13). The molecule has 0 spiro atoms. The first-order valence-electron chi connectivity index (χ1n) is 4.20. The summed E-state index contributed by atoms with van der Waals surface area (Å²) in [6.45, 7) is 2.83. The molecule has 13 heavy (non-hydrogen) atoms. The summed E-state index contributed by atoms with van der Waals surface area (Å²) in [5.41, 5.74) is 4.84. The highest BCUT2D eigenvalue weighted by atomic mass is 16.1. The fourth-order valence-corrected chi connectivity index (χ4v) is 0.857. The number of nitrogens with one attached hydrogen (secondary N) is 2. The van der Waals surface area contributed by atoms with E-state index in [4.69, 9.17) is 5.73 Å². The van der Waals surface area contributed by atoms with Crippen LogP contribution >= 0.6 is 0 Å². The summed E-state index contributed by atoms with van der Waals surface area (Å²) in [6.07, 6.45) is 2.09. The number of anilines is 2. The first kappa shape index (κ1) is 9.50. The number of aromatic amines is 1. The zero-order chi connectivity index (χ0) is 9.68. The van der Waals surface area contributed by atoms with Crippen LogP contribution in [0.2, 0.25) is 0 Å². The van der Waals surface area contributed by atoms with Gasteiger partial charge in [-0.3, -0.25) is 4.98 Å². The summed E-state index contributed by atoms with van der Waals surface area (Å²) in [6, 6.07) is 0. The monoisotopic (exact) mass is 183 g/mol. The van der Waals surface area contributed by atoms with Crippen molar-refractivity contribution in [3.05, 3.63) is 10.5 Å². The van der Waals surface area contributed by atoms with Crippen LogP contribution in [0.1, 0.15) is 19.8 Å². The van der Waals surface area contributed by atoms with Crippen LogP contribution in [0.25, 0.3) is 0 Å². The maximum Gasteiger partial charge on any atom is 0.350 e.